The highest BCUT2D eigenvalue weighted by atomic mass is 32.2. The van der Waals surface area contributed by atoms with Gasteiger partial charge in [-0.25, -0.2) is 13.4 Å². The van der Waals surface area contributed by atoms with Crippen molar-refractivity contribution >= 4 is 42.3 Å². The van der Waals surface area contributed by atoms with E-state index in [9.17, 15) is 8.42 Å². The summed E-state index contributed by atoms with van der Waals surface area (Å²) < 4.78 is 30.8. The van der Waals surface area contributed by atoms with Gasteiger partial charge in [0.15, 0.2) is 20.8 Å². The molecule has 4 heterocycles. The Bertz CT molecular complexity index is 1190. The molecular weight excluding hydrogens is 422 g/mol. The smallest absolute Gasteiger partial charge is 0.186 e. The summed E-state index contributed by atoms with van der Waals surface area (Å²) in [4.78, 5) is 9.29. The highest BCUT2D eigenvalue weighted by Crippen LogP contribution is 2.34. The lowest BCUT2D eigenvalue weighted by molar-refractivity contribution is 0.344. The second kappa shape index (κ2) is 7.66. The van der Waals surface area contributed by atoms with E-state index in [1.165, 1.54) is 0 Å². The van der Waals surface area contributed by atoms with E-state index in [1.54, 1.807) is 11.3 Å². The molecule has 0 radical (unpaired) electrons. The number of piperazine rings is 1. The number of sulfone groups is 1. The van der Waals surface area contributed by atoms with Gasteiger partial charge < -0.3 is 14.5 Å². The summed E-state index contributed by atoms with van der Waals surface area (Å²) in [6.45, 7) is 5.81. The lowest BCUT2D eigenvalue weighted by Gasteiger charge is -2.35. The maximum Gasteiger partial charge on any atom is 0.186 e. The maximum absolute atomic E-state index is 12.0. The molecule has 158 valence electrons. The molecule has 1 aromatic carbocycles. The summed E-state index contributed by atoms with van der Waals surface area (Å²) in [7, 11) is -3.02. The molecule has 0 spiro atoms. The van der Waals surface area contributed by atoms with Crippen LogP contribution >= 0.6 is 11.3 Å². The van der Waals surface area contributed by atoms with Gasteiger partial charge in [0, 0.05) is 32.6 Å². The first-order chi connectivity index (χ1) is 14.5. The Labute approximate surface area is 179 Å². The molecular formula is C20H23N5O3S2. The normalized spacial score (nSPS) is 18.4. The lowest BCUT2D eigenvalue weighted by Crippen LogP contribution is -2.47. The third-order valence-corrected chi connectivity index (χ3v) is 8.18. The van der Waals surface area contributed by atoms with Gasteiger partial charge in [0.1, 0.15) is 11.3 Å². The number of thiazole rings is 1. The standard InChI is InChI=1S/C20H23N5O3S2/c1-2-28-16-4-3-5-17-19(16)21-20(29-17)25-9-7-24(8-10-25)18-12-14-13-30(26,27)11-6-15(14)22-23-18/h3-5,12H,2,6-11,13H2,1H3. The topological polar surface area (TPSA) is 88.5 Å². The van der Waals surface area contributed by atoms with Crippen molar-refractivity contribution in [2.75, 3.05) is 48.3 Å². The molecule has 3 aromatic rings. The Morgan fingerprint density at radius 2 is 1.93 bits per heavy atom. The molecule has 10 heteroatoms. The molecule has 5 rings (SSSR count). The van der Waals surface area contributed by atoms with Crippen LogP contribution in [0.5, 0.6) is 5.75 Å². The fourth-order valence-electron chi connectivity index (χ4n) is 3.94. The minimum atomic E-state index is -3.02. The largest absolute Gasteiger partial charge is 0.492 e. The van der Waals surface area contributed by atoms with E-state index in [0.717, 1.165) is 64.4 Å². The molecule has 0 N–H and O–H groups in total. The Morgan fingerprint density at radius 1 is 1.13 bits per heavy atom. The van der Waals surface area contributed by atoms with E-state index >= 15 is 0 Å². The first-order valence-corrected chi connectivity index (χ1v) is 12.7. The van der Waals surface area contributed by atoms with Crippen molar-refractivity contribution in [2.45, 2.75) is 19.1 Å². The summed E-state index contributed by atoms with van der Waals surface area (Å²) in [5, 5.41) is 9.66. The number of ether oxygens (including phenoxy) is 1. The number of benzene rings is 1. The van der Waals surface area contributed by atoms with Gasteiger partial charge in [0.2, 0.25) is 0 Å². The summed E-state index contributed by atoms with van der Waals surface area (Å²) in [5.41, 5.74) is 2.53. The van der Waals surface area contributed by atoms with E-state index in [2.05, 4.69) is 26.1 Å². The molecule has 2 aliphatic heterocycles. The number of hydrogen-bond donors (Lipinski definition) is 0. The summed E-state index contributed by atoms with van der Waals surface area (Å²) >= 11 is 1.68. The predicted octanol–water partition coefficient (Wildman–Crippen LogP) is 2.28. The number of aromatic nitrogens is 3. The Morgan fingerprint density at radius 3 is 2.73 bits per heavy atom. The van der Waals surface area contributed by atoms with Gasteiger partial charge in [-0.05, 0) is 30.7 Å². The number of nitrogens with zero attached hydrogens (tertiary/aromatic N) is 5. The van der Waals surface area contributed by atoms with Gasteiger partial charge in [0.05, 0.1) is 28.5 Å². The Kier molecular flexibility index (Phi) is 4.98. The molecule has 0 atom stereocenters. The van der Waals surface area contributed by atoms with Gasteiger partial charge in [-0.2, -0.15) is 5.10 Å². The van der Waals surface area contributed by atoms with Gasteiger partial charge in [-0.15, -0.1) is 5.10 Å². The highest BCUT2D eigenvalue weighted by molar-refractivity contribution is 7.90. The third-order valence-electron chi connectivity index (χ3n) is 5.52. The highest BCUT2D eigenvalue weighted by Gasteiger charge is 2.26. The zero-order chi connectivity index (χ0) is 20.7. The van der Waals surface area contributed by atoms with Crippen LogP contribution in [-0.4, -0.2) is 62.1 Å². The molecule has 1 fully saturated rings. The molecule has 0 bridgehead atoms. The van der Waals surface area contributed by atoms with Crippen molar-refractivity contribution in [2.24, 2.45) is 0 Å². The van der Waals surface area contributed by atoms with Crippen LogP contribution in [0.2, 0.25) is 0 Å². The van der Waals surface area contributed by atoms with Crippen LogP contribution in [0.1, 0.15) is 18.2 Å². The second-order valence-electron chi connectivity index (χ2n) is 7.52. The molecule has 0 saturated carbocycles. The molecule has 30 heavy (non-hydrogen) atoms. The minimum Gasteiger partial charge on any atom is -0.492 e. The Hall–Kier alpha value is -2.46. The lowest BCUT2D eigenvalue weighted by atomic mass is 10.2. The van der Waals surface area contributed by atoms with E-state index in [4.69, 9.17) is 9.72 Å². The number of rotatable bonds is 4. The fourth-order valence-corrected chi connectivity index (χ4v) is 6.35. The average molecular weight is 446 g/mol. The van der Waals surface area contributed by atoms with Crippen molar-refractivity contribution in [1.82, 2.24) is 15.2 Å². The van der Waals surface area contributed by atoms with Crippen molar-refractivity contribution in [3.8, 4) is 5.75 Å². The zero-order valence-corrected chi connectivity index (χ0v) is 18.4. The fraction of sp³-hybridized carbons (Fsp3) is 0.450. The van der Waals surface area contributed by atoms with E-state index in [-0.39, 0.29) is 11.5 Å². The first-order valence-electron chi connectivity index (χ1n) is 10.1. The number of anilines is 2. The van der Waals surface area contributed by atoms with Gasteiger partial charge in [-0.3, -0.25) is 0 Å². The quantitative estimate of drug-likeness (QED) is 0.604. The zero-order valence-electron chi connectivity index (χ0n) is 16.7. The summed E-state index contributed by atoms with van der Waals surface area (Å²) in [6, 6.07) is 7.94. The van der Waals surface area contributed by atoms with E-state index < -0.39 is 9.84 Å². The van der Waals surface area contributed by atoms with Crippen molar-refractivity contribution < 1.29 is 13.2 Å². The maximum atomic E-state index is 12.0. The number of para-hydroxylation sites is 1. The van der Waals surface area contributed by atoms with Crippen LogP contribution in [0, 0.1) is 0 Å². The van der Waals surface area contributed by atoms with Crippen LogP contribution in [0.3, 0.4) is 0 Å². The van der Waals surface area contributed by atoms with Crippen LogP contribution in [0.25, 0.3) is 10.2 Å². The van der Waals surface area contributed by atoms with Crippen LogP contribution in [-0.2, 0) is 22.0 Å². The number of aryl methyl sites for hydroxylation is 1. The van der Waals surface area contributed by atoms with Gasteiger partial charge >= 0.3 is 0 Å². The molecule has 0 amide bonds. The first kappa shape index (κ1) is 19.5. The van der Waals surface area contributed by atoms with Gasteiger partial charge in [-0.1, -0.05) is 17.4 Å². The molecule has 2 aromatic heterocycles. The van der Waals surface area contributed by atoms with Crippen LogP contribution < -0.4 is 14.5 Å². The molecule has 0 aliphatic carbocycles. The molecule has 0 unspecified atom stereocenters. The average Bonchev–Trinajstić information content (AvgIpc) is 3.18. The predicted molar refractivity (Wildman–Crippen MR) is 118 cm³/mol. The minimum absolute atomic E-state index is 0.0681. The third kappa shape index (κ3) is 3.69. The molecule has 8 nitrogen and oxygen atoms in total. The van der Waals surface area contributed by atoms with Crippen molar-refractivity contribution in [3.05, 3.63) is 35.5 Å². The van der Waals surface area contributed by atoms with E-state index in [0.29, 0.717) is 13.0 Å². The monoisotopic (exact) mass is 445 g/mol. The summed E-state index contributed by atoms with van der Waals surface area (Å²) in [5.74, 6) is 1.82. The second-order valence-corrected chi connectivity index (χ2v) is 10.7. The van der Waals surface area contributed by atoms with E-state index in [1.807, 2.05) is 25.1 Å². The van der Waals surface area contributed by atoms with Crippen LogP contribution in [0.15, 0.2) is 24.3 Å². The van der Waals surface area contributed by atoms with Gasteiger partial charge in [0.25, 0.3) is 0 Å². The molecule has 2 aliphatic rings. The molecule has 1 saturated heterocycles. The number of hydrogen-bond acceptors (Lipinski definition) is 9. The number of fused-ring (bicyclic) bond motifs is 2. The summed E-state index contributed by atoms with van der Waals surface area (Å²) in [6.07, 6.45) is 0.458. The van der Waals surface area contributed by atoms with Crippen molar-refractivity contribution in [3.63, 3.8) is 0 Å². The van der Waals surface area contributed by atoms with Crippen molar-refractivity contribution in [1.29, 1.82) is 0 Å². The Balaban J connectivity index is 1.31. The SMILES string of the molecule is CCOc1cccc2sc(N3CCN(c4cc5c(nn4)CCS(=O)(=O)C5)CC3)nc12. The van der Waals surface area contributed by atoms with Crippen LogP contribution in [0.4, 0.5) is 10.9 Å².